The number of phenolic OH excluding ortho intramolecular Hbond substituents is 1. The molecule has 0 amide bonds. The second kappa shape index (κ2) is 9.13. The molecule has 0 spiro atoms. The highest BCUT2D eigenvalue weighted by atomic mass is 16.5. The quantitative estimate of drug-likeness (QED) is 0.500. The van der Waals surface area contributed by atoms with E-state index in [-0.39, 0.29) is 18.0 Å². The molecule has 0 heterocycles. The summed E-state index contributed by atoms with van der Waals surface area (Å²) in [5, 5.41) is 10.4. The molecule has 3 aromatic rings. The lowest BCUT2D eigenvalue weighted by Crippen LogP contribution is -2.10. The van der Waals surface area contributed by atoms with Gasteiger partial charge in [-0.25, -0.2) is 0 Å². The summed E-state index contributed by atoms with van der Waals surface area (Å²) in [6.45, 7) is 4.15. The van der Waals surface area contributed by atoms with Gasteiger partial charge in [0.1, 0.15) is 12.2 Å². The van der Waals surface area contributed by atoms with Gasteiger partial charge < -0.3 is 14.6 Å². The molecule has 0 aliphatic carbocycles. The van der Waals surface area contributed by atoms with Gasteiger partial charge in [-0.15, -0.1) is 0 Å². The molecule has 3 heteroatoms. The molecule has 0 saturated heterocycles. The van der Waals surface area contributed by atoms with E-state index in [0.717, 1.165) is 24.0 Å². The molecule has 0 bridgehead atoms. The van der Waals surface area contributed by atoms with Crippen molar-refractivity contribution in [3.8, 4) is 17.2 Å². The molecule has 0 aliphatic heterocycles. The summed E-state index contributed by atoms with van der Waals surface area (Å²) in [7, 11) is 0. The fourth-order valence-corrected chi connectivity index (χ4v) is 3.12. The van der Waals surface area contributed by atoms with Crippen LogP contribution in [0.4, 0.5) is 0 Å². The van der Waals surface area contributed by atoms with Gasteiger partial charge >= 0.3 is 0 Å². The first-order chi connectivity index (χ1) is 13.2. The third-order valence-electron chi connectivity index (χ3n) is 4.57. The van der Waals surface area contributed by atoms with E-state index >= 15 is 0 Å². The SMILES string of the molecule is CCC(Oc1cccc(O)c1OC(CC)c1ccccc1)c1ccccc1. The zero-order valence-electron chi connectivity index (χ0n) is 15.8. The second-order valence-electron chi connectivity index (χ2n) is 6.46. The lowest BCUT2D eigenvalue weighted by molar-refractivity contribution is 0.156. The minimum absolute atomic E-state index is 0.0878. The minimum Gasteiger partial charge on any atom is -0.504 e. The van der Waals surface area contributed by atoms with E-state index in [9.17, 15) is 5.11 Å². The Kier molecular flexibility index (Phi) is 6.37. The van der Waals surface area contributed by atoms with Crippen molar-refractivity contribution in [3.05, 3.63) is 90.0 Å². The monoisotopic (exact) mass is 362 g/mol. The van der Waals surface area contributed by atoms with E-state index in [1.165, 1.54) is 0 Å². The molecular formula is C24H26O3. The standard InChI is InChI=1S/C24H26O3/c1-3-21(18-12-7-5-8-13-18)26-23-17-11-16-20(25)24(23)27-22(4-2)19-14-9-6-10-15-19/h5-17,21-22,25H,3-4H2,1-2H3. The van der Waals surface area contributed by atoms with Crippen molar-refractivity contribution >= 4 is 0 Å². The highest BCUT2D eigenvalue weighted by molar-refractivity contribution is 5.51. The van der Waals surface area contributed by atoms with Crippen molar-refractivity contribution < 1.29 is 14.6 Å². The van der Waals surface area contributed by atoms with Crippen molar-refractivity contribution in [2.24, 2.45) is 0 Å². The first-order valence-corrected chi connectivity index (χ1v) is 9.48. The molecule has 0 radical (unpaired) electrons. The van der Waals surface area contributed by atoms with E-state index < -0.39 is 0 Å². The number of para-hydroxylation sites is 1. The van der Waals surface area contributed by atoms with Crippen LogP contribution in [-0.4, -0.2) is 5.11 Å². The Balaban J connectivity index is 1.88. The number of rotatable bonds is 8. The second-order valence-corrected chi connectivity index (χ2v) is 6.46. The number of benzene rings is 3. The average molecular weight is 362 g/mol. The Labute approximate surface area is 161 Å². The van der Waals surface area contributed by atoms with Gasteiger partial charge in [0.15, 0.2) is 11.5 Å². The Morgan fingerprint density at radius 3 is 1.70 bits per heavy atom. The van der Waals surface area contributed by atoms with Crippen molar-refractivity contribution in [2.75, 3.05) is 0 Å². The van der Waals surface area contributed by atoms with Gasteiger partial charge in [0.2, 0.25) is 5.75 Å². The predicted molar refractivity (Wildman–Crippen MR) is 108 cm³/mol. The highest BCUT2D eigenvalue weighted by Gasteiger charge is 2.20. The molecule has 0 aliphatic rings. The molecule has 3 rings (SSSR count). The van der Waals surface area contributed by atoms with Gasteiger partial charge in [-0.2, -0.15) is 0 Å². The summed E-state index contributed by atoms with van der Waals surface area (Å²) in [4.78, 5) is 0. The van der Waals surface area contributed by atoms with Crippen molar-refractivity contribution in [2.45, 2.75) is 38.9 Å². The third-order valence-corrected chi connectivity index (χ3v) is 4.57. The van der Waals surface area contributed by atoms with E-state index in [1.807, 2.05) is 54.6 Å². The lowest BCUT2D eigenvalue weighted by atomic mass is 10.1. The molecule has 2 unspecified atom stereocenters. The highest BCUT2D eigenvalue weighted by Crippen LogP contribution is 2.42. The van der Waals surface area contributed by atoms with Crippen LogP contribution >= 0.6 is 0 Å². The van der Waals surface area contributed by atoms with Gasteiger partial charge in [-0.3, -0.25) is 0 Å². The zero-order chi connectivity index (χ0) is 19.1. The van der Waals surface area contributed by atoms with Gasteiger partial charge in [-0.1, -0.05) is 80.6 Å². The van der Waals surface area contributed by atoms with Crippen LogP contribution < -0.4 is 9.47 Å². The third kappa shape index (κ3) is 4.62. The zero-order valence-corrected chi connectivity index (χ0v) is 15.8. The Hall–Kier alpha value is -2.94. The fraction of sp³-hybridized carbons (Fsp3) is 0.250. The van der Waals surface area contributed by atoms with Crippen LogP contribution in [0, 0.1) is 0 Å². The number of aromatic hydroxyl groups is 1. The molecule has 1 N–H and O–H groups in total. The summed E-state index contributed by atoms with van der Waals surface area (Å²) in [5.41, 5.74) is 2.17. The molecule has 3 aromatic carbocycles. The van der Waals surface area contributed by atoms with Crippen LogP contribution in [0.5, 0.6) is 17.2 Å². The fourth-order valence-electron chi connectivity index (χ4n) is 3.12. The predicted octanol–water partition coefficient (Wildman–Crippen LogP) is 6.45. The van der Waals surface area contributed by atoms with Gasteiger partial charge in [0, 0.05) is 0 Å². The van der Waals surface area contributed by atoms with Crippen LogP contribution in [0.3, 0.4) is 0 Å². The largest absolute Gasteiger partial charge is 0.504 e. The first kappa shape index (κ1) is 18.8. The summed E-state index contributed by atoms with van der Waals surface area (Å²) in [5.74, 6) is 1.03. The Bertz CT molecular complexity index is 831. The maximum atomic E-state index is 10.4. The summed E-state index contributed by atoms with van der Waals surface area (Å²) in [6.07, 6.45) is 1.34. The Morgan fingerprint density at radius 2 is 1.19 bits per heavy atom. The number of hydrogen-bond donors (Lipinski definition) is 1. The lowest BCUT2D eigenvalue weighted by Gasteiger charge is -2.24. The first-order valence-electron chi connectivity index (χ1n) is 9.48. The normalized spacial score (nSPS) is 13.0. The minimum atomic E-state index is -0.154. The van der Waals surface area contributed by atoms with E-state index in [2.05, 4.69) is 26.0 Å². The smallest absolute Gasteiger partial charge is 0.203 e. The molecule has 0 fully saturated rings. The van der Waals surface area contributed by atoms with Crippen LogP contribution in [0.15, 0.2) is 78.9 Å². The van der Waals surface area contributed by atoms with Crippen LogP contribution in [0.25, 0.3) is 0 Å². The van der Waals surface area contributed by atoms with E-state index in [4.69, 9.17) is 9.47 Å². The molecular weight excluding hydrogens is 336 g/mol. The van der Waals surface area contributed by atoms with Gasteiger partial charge in [0.25, 0.3) is 0 Å². The van der Waals surface area contributed by atoms with E-state index in [1.54, 1.807) is 12.1 Å². The van der Waals surface area contributed by atoms with Crippen molar-refractivity contribution in [3.63, 3.8) is 0 Å². The van der Waals surface area contributed by atoms with Crippen molar-refractivity contribution in [1.29, 1.82) is 0 Å². The van der Waals surface area contributed by atoms with Gasteiger partial charge in [-0.05, 0) is 36.1 Å². The maximum absolute atomic E-state index is 10.4. The maximum Gasteiger partial charge on any atom is 0.203 e. The summed E-state index contributed by atoms with van der Waals surface area (Å²) < 4.78 is 12.5. The molecule has 27 heavy (non-hydrogen) atoms. The van der Waals surface area contributed by atoms with Crippen LogP contribution in [-0.2, 0) is 0 Å². The molecule has 2 atom stereocenters. The number of ether oxygens (including phenoxy) is 2. The van der Waals surface area contributed by atoms with Crippen molar-refractivity contribution in [1.82, 2.24) is 0 Å². The molecule has 3 nitrogen and oxygen atoms in total. The molecule has 0 saturated carbocycles. The number of hydrogen-bond acceptors (Lipinski definition) is 3. The van der Waals surface area contributed by atoms with Crippen LogP contribution in [0.1, 0.15) is 50.0 Å². The summed E-state index contributed by atoms with van der Waals surface area (Å²) >= 11 is 0. The average Bonchev–Trinajstić information content (AvgIpc) is 2.73. The number of phenols is 1. The Morgan fingerprint density at radius 1 is 0.667 bits per heavy atom. The van der Waals surface area contributed by atoms with Gasteiger partial charge in [0.05, 0.1) is 0 Å². The molecule has 140 valence electrons. The molecule has 0 aromatic heterocycles. The topological polar surface area (TPSA) is 38.7 Å². The van der Waals surface area contributed by atoms with E-state index in [0.29, 0.717) is 11.5 Å². The summed E-state index contributed by atoms with van der Waals surface area (Å²) in [6, 6.07) is 25.4. The van der Waals surface area contributed by atoms with Crippen LogP contribution in [0.2, 0.25) is 0 Å².